The molecular formula is C8H11BrN2. The summed E-state index contributed by atoms with van der Waals surface area (Å²) in [5.41, 5.74) is 0. The first-order valence-corrected chi connectivity index (χ1v) is 4.59. The summed E-state index contributed by atoms with van der Waals surface area (Å²) in [6, 6.07) is 3.90. The van der Waals surface area contributed by atoms with Gasteiger partial charge in [-0.1, -0.05) is 29.3 Å². The van der Waals surface area contributed by atoms with E-state index in [2.05, 4.69) is 22.9 Å². The summed E-state index contributed by atoms with van der Waals surface area (Å²) in [6.07, 6.45) is 2.75. The monoisotopic (exact) mass is 214 g/mol. The average molecular weight is 215 g/mol. The molecule has 1 unspecified atom stereocenters. The van der Waals surface area contributed by atoms with Crippen LogP contribution in [-0.4, -0.2) is 4.83 Å². The number of hydrogen-bond acceptors (Lipinski definition) is 2. The van der Waals surface area contributed by atoms with Gasteiger partial charge in [-0.3, -0.25) is 0 Å². The molecule has 0 bridgehead atoms. The van der Waals surface area contributed by atoms with E-state index in [0.29, 0.717) is 11.2 Å². The molecular weight excluding hydrogens is 204 g/mol. The van der Waals surface area contributed by atoms with Crippen molar-refractivity contribution in [1.82, 2.24) is 0 Å². The quantitative estimate of drug-likeness (QED) is 0.676. The third-order valence-corrected chi connectivity index (χ3v) is 2.24. The maximum absolute atomic E-state index is 8.45. The van der Waals surface area contributed by atoms with E-state index >= 15 is 0 Å². The smallest absolute Gasteiger partial charge is 0.134 e. The van der Waals surface area contributed by atoms with E-state index in [4.69, 9.17) is 10.5 Å². The van der Waals surface area contributed by atoms with E-state index in [1.165, 1.54) is 0 Å². The van der Waals surface area contributed by atoms with Crippen molar-refractivity contribution in [2.24, 2.45) is 5.92 Å². The van der Waals surface area contributed by atoms with Gasteiger partial charge in [-0.2, -0.15) is 10.5 Å². The molecule has 0 saturated heterocycles. The summed E-state index contributed by atoms with van der Waals surface area (Å²) < 4.78 is 0. The van der Waals surface area contributed by atoms with Crippen molar-refractivity contribution in [3.63, 3.8) is 0 Å². The van der Waals surface area contributed by atoms with Crippen LogP contribution in [-0.2, 0) is 0 Å². The molecule has 0 rings (SSSR count). The van der Waals surface area contributed by atoms with Crippen LogP contribution in [0.3, 0.4) is 0 Å². The van der Waals surface area contributed by atoms with Gasteiger partial charge in [0.1, 0.15) is 5.92 Å². The van der Waals surface area contributed by atoms with Crippen LogP contribution >= 0.6 is 15.9 Å². The summed E-state index contributed by atoms with van der Waals surface area (Å²) in [6.45, 7) is 2.09. The van der Waals surface area contributed by atoms with Crippen LogP contribution in [0.4, 0.5) is 0 Å². The Hall–Kier alpha value is -0.540. The lowest BCUT2D eigenvalue weighted by Gasteiger charge is -2.06. The molecule has 0 aliphatic rings. The minimum absolute atomic E-state index is 0.316. The van der Waals surface area contributed by atoms with E-state index in [1.807, 2.05) is 12.1 Å². The van der Waals surface area contributed by atoms with Crippen LogP contribution in [0, 0.1) is 28.6 Å². The van der Waals surface area contributed by atoms with Gasteiger partial charge in [0.05, 0.1) is 12.1 Å². The van der Waals surface area contributed by atoms with Gasteiger partial charge in [0.25, 0.3) is 0 Å². The Labute approximate surface area is 75.9 Å². The van der Waals surface area contributed by atoms with Gasteiger partial charge in [-0.05, 0) is 12.8 Å². The summed E-state index contributed by atoms with van der Waals surface area (Å²) >= 11 is 3.42. The van der Waals surface area contributed by atoms with Crippen LogP contribution < -0.4 is 0 Å². The fourth-order valence-electron chi connectivity index (χ4n) is 0.821. The molecule has 60 valence electrons. The molecule has 0 amide bonds. The molecule has 0 aliphatic heterocycles. The van der Waals surface area contributed by atoms with Crippen molar-refractivity contribution >= 4 is 15.9 Å². The summed E-state index contributed by atoms with van der Waals surface area (Å²) in [7, 11) is 0. The lowest BCUT2D eigenvalue weighted by molar-refractivity contribution is 0.648. The summed E-state index contributed by atoms with van der Waals surface area (Å²) in [5, 5.41) is 16.9. The lowest BCUT2D eigenvalue weighted by Crippen LogP contribution is -2.04. The van der Waals surface area contributed by atoms with Gasteiger partial charge in [0.2, 0.25) is 0 Å². The van der Waals surface area contributed by atoms with Gasteiger partial charge >= 0.3 is 0 Å². The maximum atomic E-state index is 8.45. The lowest BCUT2D eigenvalue weighted by atomic mass is 10.0. The second-order valence-corrected chi connectivity index (χ2v) is 3.73. The number of nitrogens with zero attached hydrogens (tertiary/aromatic N) is 2. The molecule has 0 aromatic rings. The van der Waals surface area contributed by atoms with Crippen molar-refractivity contribution in [1.29, 1.82) is 10.5 Å². The number of hydrogen-bond donors (Lipinski definition) is 0. The molecule has 11 heavy (non-hydrogen) atoms. The fourth-order valence-corrected chi connectivity index (χ4v) is 1.65. The van der Waals surface area contributed by atoms with Gasteiger partial charge in [0.15, 0.2) is 0 Å². The highest BCUT2D eigenvalue weighted by molar-refractivity contribution is 9.09. The van der Waals surface area contributed by atoms with Gasteiger partial charge in [-0.25, -0.2) is 0 Å². The molecule has 0 saturated carbocycles. The highest BCUT2D eigenvalue weighted by atomic mass is 79.9. The normalized spacial score (nSPS) is 12.1. The largest absolute Gasteiger partial charge is 0.197 e. The second-order valence-electron chi connectivity index (χ2n) is 2.43. The molecule has 0 N–H and O–H groups in total. The summed E-state index contributed by atoms with van der Waals surface area (Å²) in [5.74, 6) is -0.453. The summed E-state index contributed by atoms with van der Waals surface area (Å²) in [4.78, 5) is 0.316. The fraction of sp³-hybridized carbons (Fsp3) is 0.750. The van der Waals surface area contributed by atoms with Gasteiger partial charge in [0, 0.05) is 4.83 Å². The predicted octanol–water partition coefficient (Wildman–Crippen LogP) is 2.60. The maximum Gasteiger partial charge on any atom is 0.134 e. The van der Waals surface area contributed by atoms with Crippen LogP contribution in [0.2, 0.25) is 0 Å². The van der Waals surface area contributed by atoms with Crippen molar-refractivity contribution in [3.05, 3.63) is 0 Å². The van der Waals surface area contributed by atoms with Gasteiger partial charge < -0.3 is 0 Å². The molecule has 3 heteroatoms. The van der Waals surface area contributed by atoms with E-state index in [-0.39, 0.29) is 0 Å². The molecule has 0 aromatic carbocycles. The zero-order valence-electron chi connectivity index (χ0n) is 6.55. The van der Waals surface area contributed by atoms with E-state index in [0.717, 1.165) is 12.8 Å². The first-order chi connectivity index (χ1) is 5.24. The third kappa shape index (κ3) is 4.81. The Balaban J connectivity index is 3.67. The number of alkyl halides is 1. The number of nitriles is 2. The van der Waals surface area contributed by atoms with Crippen molar-refractivity contribution in [2.75, 3.05) is 0 Å². The molecule has 2 nitrogen and oxygen atoms in total. The zero-order valence-corrected chi connectivity index (χ0v) is 8.13. The van der Waals surface area contributed by atoms with E-state index < -0.39 is 5.92 Å². The third-order valence-electron chi connectivity index (χ3n) is 1.41. The van der Waals surface area contributed by atoms with Gasteiger partial charge in [-0.15, -0.1) is 0 Å². The standard InChI is InChI=1S/C8H11BrN2/c1-2-3-8(9)4-7(5-10)6-11/h7-8H,2-4H2,1H3. The Morgan fingerprint density at radius 3 is 2.27 bits per heavy atom. The Morgan fingerprint density at radius 2 is 1.91 bits per heavy atom. The molecule has 0 fully saturated rings. The molecule has 0 aliphatic carbocycles. The molecule has 1 atom stereocenters. The van der Waals surface area contributed by atoms with Crippen LogP contribution in [0.15, 0.2) is 0 Å². The topological polar surface area (TPSA) is 47.6 Å². The minimum Gasteiger partial charge on any atom is -0.197 e. The first kappa shape index (κ1) is 10.5. The Kier molecular flexibility index (Phi) is 5.88. The minimum atomic E-state index is -0.453. The number of rotatable bonds is 4. The first-order valence-electron chi connectivity index (χ1n) is 3.67. The van der Waals surface area contributed by atoms with E-state index in [1.54, 1.807) is 0 Å². The predicted molar refractivity (Wildman–Crippen MR) is 47.0 cm³/mol. The van der Waals surface area contributed by atoms with Crippen LogP contribution in [0.25, 0.3) is 0 Å². The highest BCUT2D eigenvalue weighted by Gasteiger charge is 2.11. The Morgan fingerprint density at radius 1 is 1.36 bits per heavy atom. The molecule has 0 spiro atoms. The average Bonchev–Trinajstić information content (AvgIpc) is 2.01. The van der Waals surface area contributed by atoms with Crippen molar-refractivity contribution in [2.45, 2.75) is 31.0 Å². The number of halogens is 1. The molecule has 0 radical (unpaired) electrons. The SMILES string of the molecule is CCCC(Br)CC(C#N)C#N. The van der Waals surface area contributed by atoms with Crippen molar-refractivity contribution < 1.29 is 0 Å². The van der Waals surface area contributed by atoms with Crippen molar-refractivity contribution in [3.8, 4) is 12.1 Å². The van der Waals surface area contributed by atoms with Crippen LogP contribution in [0.1, 0.15) is 26.2 Å². The second kappa shape index (κ2) is 6.19. The highest BCUT2D eigenvalue weighted by Crippen LogP contribution is 2.16. The zero-order chi connectivity index (χ0) is 8.69. The Bertz CT molecular complexity index is 164. The van der Waals surface area contributed by atoms with E-state index in [9.17, 15) is 0 Å². The van der Waals surface area contributed by atoms with Crippen LogP contribution in [0.5, 0.6) is 0 Å². The molecule has 0 aromatic heterocycles. The molecule has 0 heterocycles.